The summed E-state index contributed by atoms with van der Waals surface area (Å²) in [5.41, 5.74) is 0. The van der Waals surface area contributed by atoms with Crippen molar-refractivity contribution in [3.63, 3.8) is 0 Å². The molecule has 0 aromatic carbocycles. The number of nitrogens with one attached hydrogen (secondary N) is 1. The largest absolute Gasteiger partial charge is 0.380 e. The molecular weight excluding hydrogens is 106 g/mol. The minimum atomic E-state index is 0.606. The Morgan fingerprint density at radius 1 is 1.75 bits per heavy atom. The average Bonchev–Trinajstić information content (AvgIpc) is 1.81. The van der Waals surface area contributed by atoms with Crippen molar-refractivity contribution >= 4 is 6.41 Å². The van der Waals surface area contributed by atoms with E-state index in [9.17, 15) is 4.79 Å². The van der Waals surface area contributed by atoms with E-state index in [4.69, 9.17) is 4.74 Å². The van der Waals surface area contributed by atoms with E-state index >= 15 is 0 Å². The highest BCUT2D eigenvalue weighted by Crippen LogP contribution is 1.67. The maximum atomic E-state index is 9.60. The lowest BCUT2D eigenvalue weighted by Crippen LogP contribution is -2.17. The van der Waals surface area contributed by atoms with Crippen molar-refractivity contribution in [3.8, 4) is 0 Å². The minimum absolute atomic E-state index is 0.606. The zero-order valence-corrected chi connectivity index (χ0v) is 5.02. The first-order chi connectivity index (χ1) is 3.91. The third-order valence-electron chi connectivity index (χ3n) is 0.678. The van der Waals surface area contributed by atoms with Crippen molar-refractivity contribution in [2.45, 2.75) is 6.92 Å². The highest BCUT2D eigenvalue weighted by molar-refractivity contribution is 5.45. The second kappa shape index (κ2) is 6.43. The van der Waals surface area contributed by atoms with Crippen molar-refractivity contribution in [2.75, 3.05) is 19.8 Å². The van der Waals surface area contributed by atoms with Gasteiger partial charge in [-0.15, -0.1) is 0 Å². The molecule has 3 nitrogen and oxygen atoms in total. The van der Waals surface area contributed by atoms with Gasteiger partial charge in [0.05, 0.1) is 6.61 Å². The Hall–Kier alpha value is -0.570. The van der Waals surface area contributed by atoms with Gasteiger partial charge < -0.3 is 10.1 Å². The normalized spacial score (nSPS) is 8.62. The van der Waals surface area contributed by atoms with Gasteiger partial charge in [0.1, 0.15) is 0 Å². The van der Waals surface area contributed by atoms with E-state index in [1.807, 2.05) is 6.92 Å². The molecule has 0 spiro atoms. The van der Waals surface area contributed by atoms with Crippen molar-refractivity contribution < 1.29 is 9.53 Å². The first-order valence-electron chi connectivity index (χ1n) is 2.66. The molecule has 3 heteroatoms. The molecule has 0 saturated heterocycles. The van der Waals surface area contributed by atoms with Gasteiger partial charge in [-0.05, 0) is 6.92 Å². The van der Waals surface area contributed by atoms with Gasteiger partial charge in [-0.25, -0.2) is 0 Å². The third kappa shape index (κ3) is 5.43. The zero-order chi connectivity index (χ0) is 6.24. The van der Waals surface area contributed by atoms with Crippen LogP contribution in [0.5, 0.6) is 0 Å². The molecule has 0 aliphatic rings. The van der Waals surface area contributed by atoms with Gasteiger partial charge in [0.2, 0.25) is 6.41 Å². The van der Waals surface area contributed by atoms with Crippen LogP contribution < -0.4 is 5.32 Å². The summed E-state index contributed by atoms with van der Waals surface area (Å²) in [6.45, 7) is 3.84. The fourth-order valence-corrected chi connectivity index (χ4v) is 0.334. The maximum absolute atomic E-state index is 9.60. The molecule has 0 saturated carbocycles. The Bertz CT molecular complexity index is 56.4. The predicted octanol–water partition coefficient (Wildman–Crippen LogP) is -0.231. The predicted molar refractivity (Wildman–Crippen MR) is 30.6 cm³/mol. The smallest absolute Gasteiger partial charge is 0.207 e. The molecule has 0 bridgehead atoms. The Morgan fingerprint density at radius 2 is 2.50 bits per heavy atom. The molecule has 0 unspecified atom stereocenters. The number of carbonyl (C=O) groups is 1. The molecule has 0 atom stereocenters. The monoisotopic (exact) mass is 117 g/mol. The Labute approximate surface area is 49.0 Å². The molecule has 0 aromatic rings. The van der Waals surface area contributed by atoms with E-state index in [1.54, 1.807) is 0 Å². The van der Waals surface area contributed by atoms with Crippen LogP contribution in [0, 0.1) is 0 Å². The number of rotatable bonds is 5. The SMILES string of the molecule is CCOCCNC=O. The lowest BCUT2D eigenvalue weighted by Gasteiger charge is -1.96. The van der Waals surface area contributed by atoms with Crippen molar-refractivity contribution in [1.29, 1.82) is 0 Å². The minimum Gasteiger partial charge on any atom is -0.380 e. The van der Waals surface area contributed by atoms with Gasteiger partial charge in [-0.2, -0.15) is 0 Å². The van der Waals surface area contributed by atoms with Crippen molar-refractivity contribution in [3.05, 3.63) is 0 Å². The summed E-state index contributed by atoms with van der Waals surface area (Å²) in [4.78, 5) is 9.60. The lowest BCUT2D eigenvalue weighted by molar-refractivity contribution is -0.109. The molecule has 48 valence electrons. The molecule has 8 heavy (non-hydrogen) atoms. The van der Waals surface area contributed by atoms with E-state index in [-0.39, 0.29) is 0 Å². The Balaban J connectivity index is 2.62. The maximum Gasteiger partial charge on any atom is 0.207 e. The van der Waals surface area contributed by atoms with Gasteiger partial charge >= 0.3 is 0 Å². The number of carbonyl (C=O) groups excluding carboxylic acids is 1. The molecule has 0 heterocycles. The third-order valence-corrected chi connectivity index (χ3v) is 0.678. The lowest BCUT2D eigenvalue weighted by atomic mass is 10.7. The van der Waals surface area contributed by atoms with Gasteiger partial charge in [0.25, 0.3) is 0 Å². The summed E-state index contributed by atoms with van der Waals surface area (Å²) in [5, 5.41) is 2.48. The van der Waals surface area contributed by atoms with E-state index in [2.05, 4.69) is 5.32 Å². The van der Waals surface area contributed by atoms with Gasteiger partial charge in [0.15, 0.2) is 0 Å². The first-order valence-corrected chi connectivity index (χ1v) is 2.66. The van der Waals surface area contributed by atoms with Crippen LogP contribution >= 0.6 is 0 Å². The quantitative estimate of drug-likeness (QED) is 0.399. The fourth-order valence-electron chi connectivity index (χ4n) is 0.334. The number of amides is 1. The summed E-state index contributed by atoms with van der Waals surface area (Å²) in [6.07, 6.45) is 0.666. The molecule has 0 aliphatic heterocycles. The second-order valence-corrected chi connectivity index (χ2v) is 1.27. The van der Waals surface area contributed by atoms with Crippen molar-refractivity contribution in [2.24, 2.45) is 0 Å². The number of hydrogen-bond donors (Lipinski definition) is 1. The summed E-state index contributed by atoms with van der Waals surface area (Å²) in [7, 11) is 0. The summed E-state index contributed by atoms with van der Waals surface area (Å²) < 4.78 is 4.91. The van der Waals surface area contributed by atoms with Crippen LogP contribution in [0.15, 0.2) is 0 Å². The average molecular weight is 117 g/mol. The summed E-state index contributed by atoms with van der Waals surface area (Å²) >= 11 is 0. The molecule has 1 amide bonds. The molecule has 0 fully saturated rings. The summed E-state index contributed by atoms with van der Waals surface area (Å²) in [6, 6.07) is 0. The van der Waals surface area contributed by atoms with E-state index in [0.29, 0.717) is 26.2 Å². The van der Waals surface area contributed by atoms with Crippen molar-refractivity contribution in [1.82, 2.24) is 5.32 Å². The Morgan fingerprint density at radius 3 is 3.00 bits per heavy atom. The highest BCUT2D eigenvalue weighted by atomic mass is 16.5. The number of ether oxygens (including phenoxy) is 1. The molecule has 1 N–H and O–H groups in total. The van der Waals surface area contributed by atoms with E-state index in [1.165, 1.54) is 0 Å². The van der Waals surface area contributed by atoms with Crippen LogP contribution in [0.4, 0.5) is 0 Å². The van der Waals surface area contributed by atoms with Crippen LogP contribution in [0.1, 0.15) is 6.92 Å². The van der Waals surface area contributed by atoms with Gasteiger partial charge in [-0.3, -0.25) is 4.79 Å². The highest BCUT2D eigenvalue weighted by Gasteiger charge is 1.79. The zero-order valence-electron chi connectivity index (χ0n) is 5.02. The second-order valence-electron chi connectivity index (χ2n) is 1.27. The topological polar surface area (TPSA) is 38.3 Å². The summed E-state index contributed by atoms with van der Waals surface area (Å²) in [5.74, 6) is 0. The van der Waals surface area contributed by atoms with E-state index in [0.717, 1.165) is 0 Å². The van der Waals surface area contributed by atoms with Gasteiger partial charge in [-0.1, -0.05) is 0 Å². The molecule has 0 radical (unpaired) electrons. The first kappa shape index (κ1) is 7.43. The fraction of sp³-hybridized carbons (Fsp3) is 0.800. The molecule has 0 rings (SSSR count). The Kier molecular flexibility index (Phi) is 5.97. The van der Waals surface area contributed by atoms with Crippen LogP contribution in [-0.2, 0) is 9.53 Å². The molecular formula is C5H11NO2. The molecule has 0 aliphatic carbocycles. The van der Waals surface area contributed by atoms with Crippen LogP contribution in [-0.4, -0.2) is 26.2 Å². The molecule has 0 aromatic heterocycles. The van der Waals surface area contributed by atoms with Crippen LogP contribution in [0.25, 0.3) is 0 Å². The van der Waals surface area contributed by atoms with Gasteiger partial charge in [0, 0.05) is 13.2 Å². The van der Waals surface area contributed by atoms with E-state index < -0.39 is 0 Å². The van der Waals surface area contributed by atoms with Crippen LogP contribution in [0.2, 0.25) is 0 Å². The van der Waals surface area contributed by atoms with Crippen LogP contribution in [0.3, 0.4) is 0 Å². The standard InChI is InChI=1S/C5H11NO2/c1-2-8-4-3-6-5-7/h5H,2-4H2,1H3,(H,6,7). The number of hydrogen-bond acceptors (Lipinski definition) is 2.